The van der Waals surface area contributed by atoms with Crippen molar-refractivity contribution in [2.45, 2.75) is 297 Å². The molecule has 0 aromatic heterocycles. The number of rotatable bonds is 57. The highest BCUT2D eigenvalue weighted by atomic mass is 31.2. The number of unbranched alkanes of at least 4 members (excludes halogenated alkanes) is 28. The maximum Gasteiger partial charge on any atom is 0.472 e. The minimum atomic E-state index is -4.93. The first-order valence-corrected chi connectivity index (χ1v) is 33.2. The summed E-state index contributed by atoms with van der Waals surface area (Å²) in [4.78, 5) is 71.3. The maximum absolute atomic E-state index is 12.9. The molecule has 0 bridgehead atoms. The molecule has 0 aliphatic heterocycles. The summed E-state index contributed by atoms with van der Waals surface area (Å²) in [6, 6.07) is 0. The third kappa shape index (κ3) is 50.3. The SMILES string of the molecule is CCCCCCCCCCCCCCCCCCC(=O)O[C@H](COC(=O)CCCCCCCCC(C)CC)COP(=O)(O)OC[C@@H](O)COP(=O)(O)OC[C@@H](COC(=O)CCCCCCC)OC(=O)CCCCCCC. The number of aliphatic hydroxyl groups excluding tert-OH is 1. The monoisotopic (exact) mass is 1130 g/mol. The number of hydrogen-bond acceptors (Lipinski definition) is 15. The van der Waals surface area contributed by atoms with E-state index in [2.05, 4.69) is 34.6 Å². The number of hydrogen-bond donors (Lipinski definition) is 3. The molecule has 0 aliphatic rings. The van der Waals surface area contributed by atoms with Crippen molar-refractivity contribution in [2.75, 3.05) is 39.6 Å². The lowest BCUT2D eigenvalue weighted by Crippen LogP contribution is -2.30. The predicted molar refractivity (Wildman–Crippen MR) is 298 cm³/mol. The average Bonchev–Trinajstić information content (AvgIpc) is 3.39. The van der Waals surface area contributed by atoms with Crippen LogP contribution in [-0.4, -0.2) is 96.7 Å². The summed E-state index contributed by atoms with van der Waals surface area (Å²) in [7, 11) is -9.85. The van der Waals surface area contributed by atoms with Crippen molar-refractivity contribution in [3.63, 3.8) is 0 Å². The molecule has 19 heteroatoms. The Labute approximate surface area is 460 Å². The Kier molecular flexibility index (Phi) is 49.9. The molecule has 0 saturated heterocycles. The van der Waals surface area contributed by atoms with Gasteiger partial charge in [-0.05, 0) is 31.6 Å². The number of carbonyl (C=O) groups excluding carboxylic acids is 4. The van der Waals surface area contributed by atoms with Crippen LogP contribution in [0.3, 0.4) is 0 Å². The van der Waals surface area contributed by atoms with Gasteiger partial charge < -0.3 is 33.8 Å². The van der Waals surface area contributed by atoms with Gasteiger partial charge in [0.05, 0.1) is 26.4 Å². The highest BCUT2D eigenvalue weighted by molar-refractivity contribution is 7.47. The first-order valence-electron chi connectivity index (χ1n) is 30.2. The van der Waals surface area contributed by atoms with Gasteiger partial charge in [0.1, 0.15) is 19.3 Å². The van der Waals surface area contributed by atoms with Gasteiger partial charge in [0, 0.05) is 25.7 Å². The van der Waals surface area contributed by atoms with Crippen LogP contribution in [0.25, 0.3) is 0 Å². The standard InChI is InChI=1S/C57H110O17P2/c1-6-10-13-16-17-18-19-20-21-22-23-24-25-26-33-38-43-57(62)74-53(47-68-55(60)41-36-32-28-27-31-34-39-50(5)9-4)49-72-76(65,66)70-45-51(58)44-69-75(63,64)71-48-52(73-56(61)42-37-30-15-12-8-3)46-67-54(59)40-35-29-14-11-7-2/h50-53,58H,6-49H2,1-5H3,(H,63,64)(H,65,66)/t50?,51-,52+,53+/m0/s1. The topological polar surface area (TPSA) is 237 Å². The van der Waals surface area contributed by atoms with Gasteiger partial charge in [-0.2, -0.15) is 0 Å². The largest absolute Gasteiger partial charge is 0.472 e. The van der Waals surface area contributed by atoms with Crippen LogP contribution >= 0.6 is 15.6 Å². The normalized spacial score (nSPS) is 14.8. The van der Waals surface area contributed by atoms with Crippen LogP contribution in [0.15, 0.2) is 0 Å². The summed E-state index contributed by atoms with van der Waals surface area (Å²) in [6.07, 6.45) is 32.9. The maximum atomic E-state index is 12.9. The van der Waals surface area contributed by atoms with Crippen LogP contribution < -0.4 is 0 Å². The number of phosphoric ester groups is 2. The lowest BCUT2D eigenvalue weighted by molar-refractivity contribution is -0.161. The summed E-state index contributed by atoms with van der Waals surface area (Å²) in [5, 5.41) is 10.4. The third-order valence-electron chi connectivity index (χ3n) is 13.4. The molecule has 0 heterocycles. The van der Waals surface area contributed by atoms with Crippen molar-refractivity contribution in [3.05, 3.63) is 0 Å². The smallest absolute Gasteiger partial charge is 0.462 e. The van der Waals surface area contributed by atoms with Crippen LogP contribution in [0, 0.1) is 5.92 Å². The van der Waals surface area contributed by atoms with Crippen molar-refractivity contribution >= 4 is 39.5 Å². The fourth-order valence-corrected chi connectivity index (χ4v) is 9.89. The highest BCUT2D eigenvalue weighted by Gasteiger charge is 2.30. The van der Waals surface area contributed by atoms with E-state index in [4.69, 9.17) is 37.0 Å². The zero-order valence-electron chi connectivity index (χ0n) is 48.4. The fourth-order valence-electron chi connectivity index (χ4n) is 8.31. The Bertz CT molecular complexity index is 1500. The third-order valence-corrected chi connectivity index (χ3v) is 15.3. The number of carbonyl (C=O) groups is 4. The van der Waals surface area contributed by atoms with Gasteiger partial charge >= 0.3 is 39.5 Å². The first-order chi connectivity index (χ1) is 36.6. The number of aliphatic hydroxyl groups is 1. The van der Waals surface area contributed by atoms with Gasteiger partial charge in [0.15, 0.2) is 12.2 Å². The number of phosphoric acid groups is 2. The molecular weight excluding hydrogens is 1020 g/mol. The zero-order valence-corrected chi connectivity index (χ0v) is 50.2. The summed E-state index contributed by atoms with van der Waals surface area (Å²) in [6.45, 7) is 6.92. The van der Waals surface area contributed by atoms with Crippen molar-refractivity contribution in [2.24, 2.45) is 5.92 Å². The minimum absolute atomic E-state index is 0.0986. The quantitative estimate of drug-likeness (QED) is 0.0222. The van der Waals surface area contributed by atoms with E-state index in [1.165, 1.54) is 89.9 Å². The van der Waals surface area contributed by atoms with E-state index in [0.29, 0.717) is 25.7 Å². The number of esters is 4. The van der Waals surface area contributed by atoms with Gasteiger partial charge in [0.2, 0.25) is 0 Å². The number of ether oxygens (including phenoxy) is 4. The van der Waals surface area contributed by atoms with Crippen molar-refractivity contribution < 1.29 is 80.2 Å². The minimum Gasteiger partial charge on any atom is -0.462 e. The molecule has 0 saturated carbocycles. The van der Waals surface area contributed by atoms with Crippen LogP contribution in [0.2, 0.25) is 0 Å². The summed E-state index contributed by atoms with van der Waals surface area (Å²) >= 11 is 0. The van der Waals surface area contributed by atoms with Crippen molar-refractivity contribution in [3.8, 4) is 0 Å². The van der Waals surface area contributed by atoms with Crippen LogP contribution in [0.5, 0.6) is 0 Å². The van der Waals surface area contributed by atoms with Crippen LogP contribution in [0.1, 0.15) is 279 Å². The molecule has 3 N–H and O–H groups in total. The molecule has 0 aliphatic carbocycles. The second-order valence-corrected chi connectivity index (χ2v) is 23.8. The highest BCUT2D eigenvalue weighted by Crippen LogP contribution is 2.45. The Morgan fingerprint density at radius 3 is 0.934 bits per heavy atom. The molecule has 6 atom stereocenters. The molecule has 17 nitrogen and oxygen atoms in total. The lowest BCUT2D eigenvalue weighted by Gasteiger charge is -2.21. The van der Waals surface area contributed by atoms with E-state index >= 15 is 0 Å². The summed E-state index contributed by atoms with van der Waals surface area (Å²) < 4.78 is 67.3. The van der Waals surface area contributed by atoms with Gasteiger partial charge in [-0.3, -0.25) is 37.3 Å². The van der Waals surface area contributed by atoms with E-state index in [1.54, 1.807) is 0 Å². The molecule has 0 amide bonds. The average molecular weight is 1130 g/mol. The Morgan fingerprint density at radius 1 is 0.368 bits per heavy atom. The molecule has 0 fully saturated rings. The second kappa shape index (κ2) is 51.2. The van der Waals surface area contributed by atoms with E-state index < -0.39 is 97.5 Å². The molecular formula is C57H110O17P2. The van der Waals surface area contributed by atoms with Crippen LogP contribution in [-0.2, 0) is 65.4 Å². The van der Waals surface area contributed by atoms with Gasteiger partial charge in [-0.25, -0.2) is 9.13 Å². The van der Waals surface area contributed by atoms with Gasteiger partial charge in [-0.15, -0.1) is 0 Å². The Hall–Kier alpha value is -1.94. The van der Waals surface area contributed by atoms with E-state index in [-0.39, 0.29) is 25.7 Å². The lowest BCUT2D eigenvalue weighted by atomic mass is 10.00. The molecule has 0 aromatic carbocycles. The van der Waals surface area contributed by atoms with Crippen molar-refractivity contribution in [1.29, 1.82) is 0 Å². The van der Waals surface area contributed by atoms with E-state index in [1.807, 2.05) is 0 Å². The van der Waals surface area contributed by atoms with E-state index in [0.717, 1.165) is 109 Å². The molecule has 0 rings (SSSR count). The molecule has 0 aromatic rings. The summed E-state index contributed by atoms with van der Waals surface area (Å²) in [5.41, 5.74) is 0. The summed E-state index contributed by atoms with van der Waals surface area (Å²) in [5.74, 6) is -1.43. The molecule has 0 spiro atoms. The zero-order chi connectivity index (χ0) is 56.4. The molecule has 0 radical (unpaired) electrons. The fraction of sp³-hybridized carbons (Fsp3) is 0.930. The Morgan fingerprint density at radius 2 is 0.632 bits per heavy atom. The second-order valence-electron chi connectivity index (χ2n) is 20.9. The van der Waals surface area contributed by atoms with Crippen LogP contribution in [0.4, 0.5) is 0 Å². The molecule has 3 unspecified atom stereocenters. The van der Waals surface area contributed by atoms with Crippen molar-refractivity contribution in [1.82, 2.24) is 0 Å². The predicted octanol–water partition coefficient (Wildman–Crippen LogP) is 15.1. The molecule has 76 heavy (non-hydrogen) atoms. The van der Waals surface area contributed by atoms with Gasteiger partial charge in [0.25, 0.3) is 0 Å². The molecule has 450 valence electrons. The van der Waals surface area contributed by atoms with E-state index in [9.17, 15) is 43.2 Å². The van der Waals surface area contributed by atoms with Gasteiger partial charge in [-0.1, -0.05) is 227 Å². The first kappa shape index (κ1) is 74.1. The Balaban J connectivity index is 5.11.